The fourth-order valence-corrected chi connectivity index (χ4v) is 2.92. The first-order valence-electron chi connectivity index (χ1n) is 10.0. The number of carbonyl (C=O) groups excluding carboxylic acids is 2. The third-order valence-corrected chi connectivity index (χ3v) is 4.84. The summed E-state index contributed by atoms with van der Waals surface area (Å²) in [5.74, 6) is 0.301. The molecular weight excluding hydrogens is 406 g/mol. The Kier molecular flexibility index (Phi) is 7.59. The number of amides is 2. The highest BCUT2D eigenvalue weighted by atomic mass is 16.5. The van der Waals surface area contributed by atoms with Gasteiger partial charge in [0.15, 0.2) is 18.1 Å². The Labute approximate surface area is 187 Å². The minimum Gasteiger partial charge on any atom is -0.493 e. The first kappa shape index (κ1) is 22.6. The van der Waals surface area contributed by atoms with Crippen molar-refractivity contribution in [1.82, 2.24) is 5.43 Å². The van der Waals surface area contributed by atoms with Crippen molar-refractivity contribution in [2.75, 3.05) is 19.0 Å². The largest absolute Gasteiger partial charge is 0.493 e. The van der Waals surface area contributed by atoms with Gasteiger partial charge in [-0.2, -0.15) is 5.10 Å². The van der Waals surface area contributed by atoms with Gasteiger partial charge in [-0.15, -0.1) is 0 Å². The predicted molar refractivity (Wildman–Crippen MR) is 125 cm³/mol. The minimum absolute atomic E-state index is 0.162. The molecule has 3 aromatic rings. The lowest BCUT2D eigenvalue weighted by Gasteiger charge is -2.13. The van der Waals surface area contributed by atoms with E-state index in [0.717, 1.165) is 16.8 Å². The number of ether oxygens (including phenoxy) is 2. The molecule has 32 heavy (non-hydrogen) atoms. The second kappa shape index (κ2) is 10.8. The molecular formula is C25H25N3O4. The molecule has 0 spiro atoms. The average molecular weight is 431 g/mol. The number of rotatable bonds is 8. The van der Waals surface area contributed by atoms with Gasteiger partial charge in [0.2, 0.25) is 0 Å². The molecule has 0 atom stereocenters. The summed E-state index contributed by atoms with van der Waals surface area (Å²) in [4.78, 5) is 24.3. The lowest BCUT2D eigenvalue weighted by atomic mass is 10.1. The van der Waals surface area contributed by atoms with Crippen molar-refractivity contribution in [2.24, 2.45) is 5.10 Å². The molecule has 0 heterocycles. The SMILES string of the molecule is COc1cc(/C=N/NC(=O)c2ccccc2)ccc1OCC(=O)Nc1cccc(C)c1C. The van der Waals surface area contributed by atoms with Gasteiger partial charge in [0.25, 0.3) is 11.8 Å². The Morgan fingerprint density at radius 1 is 0.969 bits per heavy atom. The van der Waals surface area contributed by atoms with Crippen molar-refractivity contribution < 1.29 is 19.1 Å². The van der Waals surface area contributed by atoms with Crippen LogP contribution in [-0.2, 0) is 4.79 Å². The number of hydrazone groups is 1. The van der Waals surface area contributed by atoms with E-state index in [0.29, 0.717) is 22.6 Å². The van der Waals surface area contributed by atoms with Crippen LogP contribution in [0.2, 0.25) is 0 Å². The molecule has 0 bridgehead atoms. The van der Waals surface area contributed by atoms with Gasteiger partial charge < -0.3 is 14.8 Å². The summed E-state index contributed by atoms with van der Waals surface area (Å²) < 4.78 is 11.0. The molecule has 0 aromatic heterocycles. The molecule has 0 unspecified atom stereocenters. The van der Waals surface area contributed by atoms with E-state index in [9.17, 15) is 9.59 Å². The number of hydrogen-bond acceptors (Lipinski definition) is 5. The van der Waals surface area contributed by atoms with Crippen LogP contribution < -0.4 is 20.2 Å². The van der Waals surface area contributed by atoms with Crippen LogP contribution >= 0.6 is 0 Å². The van der Waals surface area contributed by atoms with Crippen molar-refractivity contribution in [3.8, 4) is 11.5 Å². The van der Waals surface area contributed by atoms with Gasteiger partial charge in [-0.3, -0.25) is 9.59 Å². The van der Waals surface area contributed by atoms with Gasteiger partial charge >= 0.3 is 0 Å². The van der Waals surface area contributed by atoms with E-state index in [4.69, 9.17) is 9.47 Å². The smallest absolute Gasteiger partial charge is 0.271 e. The van der Waals surface area contributed by atoms with E-state index in [1.807, 2.05) is 38.1 Å². The lowest BCUT2D eigenvalue weighted by molar-refractivity contribution is -0.118. The molecule has 0 aliphatic carbocycles. The third kappa shape index (κ3) is 5.95. The van der Waals surface area contributed by atoms with E-state index in [2.05, 4.69) is 15.8 Å². The van der Waals surface area contributed by atoms with Crippen molar-refractivity contribution in [3.05, 3.63) is 89.0 Å². The van der Waals surface area contributed by atoms with E-state index < -0.39 is 0 Å². The minimum atomic E-state index is -0.302. The molecule has 0 aliphatic rings. The van der Waals surface area contributed by atoms with E-state index >= 15 is 0 Å². The molecule has 0 aliphatic heterocycles. The maximum atomic E-state index is 12.3. The monoisotopic (exact) mass is 431 g/mol. The fourth-order valence-electron chi connectivity index (χ4n) is 2.92. The zero-order valence-electron chi connectivity index (χ0n) is 18.2. The highest BCUT2D eigenvalue weighted by Gasteiger charge is 2.10. The van der Waals surface area contributed by atoms with Gasteiger partial charge in [-0.05, 0) is 66.9 Å². The third-order valence-electron chi connectivity index (χ3n) is 4.84. The van der Waals surface area contributed by atoms with Crippen LogP contribution in [0.4, 0.5) is 5.69 Å². The van der Waals surface area contributed by atoms with Crippen LogP contribution in [0.5, 0.6) is 11.5 Å². The van der Waals surface area contributed by atoms with Crippen LogP contribution in [-0.4, -0.2) is 31.7 Å². The van der Waals surface area contributed by atoms with E-state index in [1.54, 1.807) is 42.5 Å². The Balaban J connectivity index is 1.58. The summed E-state index contributed by atoms with van der Waals surface area (Å²) in [5.41, 5.74) is 6.57. The lowest BCUT2D eigenvalue weighted by Crippen LogP contribution is -2.21. The zero-order chi connectivity index (χ0) is 22.9. The number of hydrogen-bond donors (Lipinski definition) is 2. The first-order valence-corrected chi connectivity index (χ1v) is 10.0. The zero-order valence-corrected chi connectivity index (χ0v) is 18.2. The second-order valence-electron chi connectivity index (χ2n) is 7.06. The van der Waals surface area contributed by atoms with Gasteiger partial charge in [0.1, 0.15) is 0 Å². The number of aryl methyl sites for hydroxylation is 1. The normalized spacial score (nSPS) is 10.6. The molecule has 164 valence electrons. The highest BCUT2D eigenvalue weighted by molar-refractivity contribution is 5.95. The predicted octanol–water partition coefficient (Wildman–Crippen LogP) is 4.09. The molecule has 7 heteroatoms. The van der Waals surface area contributed by atoms with Crippen LogP contribution in [0.1, 0.15) is 27.0 Å². The van der Waals surface area contributed by atoms with Gasteiger partial charge in [0, 0.05) is 11.3 Å². The molecule has 0 saturated heterocycles. The summed E-state index contributed by atoms with van der Waals surface area (Å²) >= 11 is 0. The van der Waals surface area contributed by atoms with Gasteiger partial charge in [0.05, 0.1) is 13.3 Å². The molecule has 3 aromatic carbocycles. The molecule has 0 fully saturated rings. The summed E-state index contributed by atoms with van der Waals surface area (Å²) in [6.07, 6.45) is 1.50. The number of carbonyl (C=O) groups is 2. The van der Waals surface area contributed by atoms with Gasteiger partial charge in [-0.25, -0.2) is 5.43 Å². The van der Waals surface area contributed by atoms with Gasteiger partial charge in [-0.1, -0.05) is 30.3 Å². The van der Waals surface area contributed by atoms with Crippen LogP contribution in [0, 0.1) is 13.8 Å². The summed E-state index contributed by atoms with van der Waals surface area (Å²) in [7, 11) is 1.51. The summed E-state index contributed by atoms with van der Waals surface area (Å²) in [6.45, 7) is 3.78. The van der Waals surface area contributed by atoms with Crippen LogP contribution in [0.25, 0.3) is 0 Å². The van der Waals surface area contributed by atoms with Crippen LogP contribution in [0.3, 0.4) is 0 Å². The fraction of sp³-hybridized carbons (Fsp3) is 0.160. The topological polar surface area (TPSA) is 89.0 Å². The maximum absolute atomic E-state index is 12.3. The molecule has 0 radical (unpaired) electrons. The first-order chi connectivity index (χ1) is 15.5. The molecule has 2 amide bonds. The van der Waals surface area contributed by atoms with Crippen molar-refractivity contribution >= 4 is 23.7 Å². The van der Waals surface area contributed by atoms with E-state index in [1.165, 1.54) is 13.3 Å². The number of methoxy groups -OCH3 is 1. The Bertz CT molecular complexity index is 1130. The quantitative estimate of drug-likeness (QED) is 0.415. The number of benzene rings is 3. The summed E-state index contributed by atoms with van der Waals surface area (Å²) in [5, 5.41) is 6.83. The number of nitrogens with zero attached hydrogens (tertiary/aromatic N) is 1. The standard InChI is InChI=1S/C25H25N3O4/c1-17-8-7-11-21(18(17)2)27-24(29)16-32-22-13-12-19(14-23(22)31-3)15-26-28-25(30)20-9-5-4-6-10-20/h4-15H,16H2,1-3H3,(H,27,29)(H,28,30)/b26-15+. The number of nitrogens with one attached hydrogen (secondary N) is 2. The van der Waals surface area contributed by atoms with Crippen molar-refractivity contribution in [2.45, 2.75) is 13.8 Å². The average Bonchev–Trinajstić information content (AvgIpc) is 2.81. The Morgan fingerprint density at radius 3 is 2.50 bits per heavy atom. The summed E-state index contributed by atoms with van der Waals surface area (Å²) in [6, 6.07) is 19.7. The van der Waals surface area contributed by atoms with Crippen molar-refractivity contribution in [1.29, 1.82) is 0 Å². The van der Waals surface area contributed by atoms with Crippen molar-refractivity contribution in [3.63, 3.8) is 0 Å². The maximum Gasteiger partial charge on any atom is 0.271 e. The highest BCUT2D eigenvalue weighted by Crippen LogP contribution is 2.27. The van der Waals surface area contributed by atoms with E-state index in [-0.39, 0.29) is 18.4 Å². The molecule has 7 nitrogen and oxygen atoms in total. The van der Waals surface area contributed by atoms with Crippen LogP contribution in [0.15, 0.2) is 71.8 Å². The second-order valence-corrected chi connectivity index (χ2v) is 7.06. The molecule has 3 rings (SSSR count). The Hall–Kier alpha value is -4.13. The Morgan fingerprint density at radius 2 is 1.75 bits per heavy atom. The molecule has 2 N–H and O–H groups in total. The number of anilines is 1. The molecule has 0 saturated carbocycles.